The Labute approximate surface area is 193 Å². The van der Waals surface area contributed by atoms with E-state index >= 15 is 0 Å². The molecule has 4 aliphatic rings. The van der Waals surface area contributed by atoms with Gasteiger partial charge in [0.15, 0.2) is 11.5 Å². The van der Waals surface area contributed by atoms with Crippen LogP contribution in [0.1, 0.15) is 37.4 Å². The van der Waals surface area contributed by atoms with E-state index in [-0.39, 0.29) is 17.9 Å². The summed E-state index contributed by atoms with van der Waals surface area (Å²) >= 11 is 0. The zero-order chi connectivity index (χ0) is 23.2. The summed E-state index contributed by atoms with van der Waals surface area (Å²) in [6.45, 7) is 4.96. The maximum absolute atomic E-state index is 13.8. The molecule has 1 saturated carbocycles. The highest BCUT2D eigenvalue weighted by Crippen LogP contribution is 2.55. The Bertz CT molecular complexity index is 1060. The molecule has 8 heteroatoms. The van der Waals surface area contributed by atoms with E-state index in [0.29, 0.717) is 37.1 Å². The van der Waals surface area contributed by atoms with Crippen LogP contribution in [0.4, 0.5) is 0 Å². The smallest absolute Gasteiger partial charge is 0.319 e. The Morgan fingerprint density at radius 3 is 2.79 bits per heavy atom. The van der Waals surface area contributed by atoms with E-state index in [1.165, 1.54) is 0 Å². The zero-order valence-electron chi connectivity index (χ0n) is 19.5. The molecular formula is C25H32N2O6. The highest BCUT2D eigenvalue weighted by atomic mass is 16.5. The van der Waals surface area contributed by atoms with E-state index < -0.39 is 5.41 Å². The number of carbonyl (C=O) groups is 2. The van der Waals surface area contributed by atoms with Crippen LogP contribution >= 0.6 is 0 Å². The SMILES string of the molecule is CCOC(=O)C12C[C@@H]3CC(CCOC=O)C1N(CCc1c2[nH]c2cc(OC)c(OC)cc12)C3. The first-order valence-electron chi connectivity index (χ1n) is 11.8. The van der Waals surface area contributed by atoms with Gasteiger partial charge in [0.25, 0.3) is 6.47 Å². The molecule has 33 heavy (non-hydrogen) atoms. The van der Waals surface area contributed by atoms with Crippen LogP contribution < -0.4 is 9.47 Å². The van der Waals surface area contributed by atoms with Crippen LogP contribution in [0, 0.1) is 11.8 Å². The summed E-state index contributed by atoms with van der Waals surface area (Å²) in [7, 11) is 3.26. The van der Waals surface area contributed by atoms with Gasteiger partial charge < -0.3 is 23.9 Å². The molecular weight excluding hydrogens is 424 g/mol. The number of nitrogens with zero attached hydrogens (tertiary/aromatic N) is 1. The molecule has 4 unspecified atom stereocenters. The number of fused-ring (bicyclic) bond motifs is 4. The quantitative estimate of drug-likeness (QED) is 0.371. The summed E-state index contributed by atoms with van der Waals surface area (Å²) in [4.78, 5) is 30.7. The number of methoxy groups -OCH3 is 2. The van der Waals surface area contributed by atoms with Gasteiger partial charge >= 0.3 is 5.97 Å². The molecule has 6 rings (SSSR count). The van der Waals surface area contributed by atoms with Gasteiger partial charge in [0, 0.05) is 41.8 Å². The maximum atomic E-state index is 13.8. The largest absolute Gasteiger partial charge is 0.493 e. The van der Waals surface area contributed by atoms with Gasteiger partial charge in [0.2, 0.25) is 0 Å². The molecule has 1 aliphatic carbocycles. The van der Waals surface area contributed by atoms with E-state index in [2.05, 4.69) is 9.88 Å². The van der Waals surface area contributed by atoms with Crippen molar-refractivity contribution >= 4 is 23.3 Å². The molecule has 1 N–H and O–H groups in total. The minimum atomic E-state index is -0.769. The number of piperidine rings is 2. The molecule has 3 aliphatic heterocycles. The minimum absolute atomic E-state index is 0.00917. The van der Waals surface area contributed by atoms with Gasteiger partial charge in [-0.1, -0.05) is 0 Å². The Morgan fingerprint density at radius 1 is 1.27 bits per heavy atom. The first kappa shape index (κ1) is 22.1. The number of esters is 1. The Balaban J connectivity index is 1.69. The molecule has 1 aromatic carbocycles. The lowest BCUT2D eigenvalue weighted by molar-refractivity contribution is -0.165. The second-order valence-corrected chi connectivity index (χ2v) is 9.43. The third kappa shape index (κ3) is 3.29. The zero-order valence-corrected chi connectivity index (χ0v) is 19.5. The van der Waals surface area contributed by atoms with E-state index in [9.17, 15) is 9.59 Å². The van der Waals surface area contributed by atoms with Crippen molar-refractivity contribution in [1.82, 2.24) is 9.88 Å². The molecule has 5 atom stereocenters. The number of hydrogen-bond donors (Lipinski definition) is 1. The van der Waals surface area contributed by atoms with E-state index in [1.54, 1.807) is 14.2 Å². The molecule has 4 heterocycles. The molecule has 2 saturated heterocycles. The number of aromatic amines is 1. The standard InChI is InChI=1S/C25H32N2O6/c1-4-33-24(29)25-12-15-9-16(6-8-32-14-28)23(25)27(13-15)7-5-17-18-10-20(30-2)21(31-3)11-19(18)26-22(17)25/h10-11,14-16,23,26H,4-9,12-13H2,1-3H3/t15-,16?,23?,25?/m0/s1. The van der Waals surface area contributed by atoms with Crippen LogP contribution in [-0.2, 0) is 30.9 Å². The van der Waals surface area contributed by atoms with Crippen LogP contribution in [0.2, 0.25) is 0 Å². The second-order valence-electron chi connectivity index (χ2n) is 9.43. The van der Waals surface area contributed by atoms with Crippen molar-refractivity contribution in [3.05, 3.63) is 23.4 Å². The van der Waals surface area contributed by atoms with Crippen LogP contribution in [0.3, 0.4) is 0 Å². The molecule has 0 radical (unpaired) electrons. The lowest BCUT2D eigenvalue weighted by Crippen LogP contribution is -2.67. The fraction of sp³-hybridized carbons (Fsp3) is 0.600. The average molecular weight is 457 g/mol. The topological polar surface area (TPSA) is 90.1 Å². The van der Waals surface area contributed by atoms with Gasteiger partial charge in [-0.25, -0.2) is 0 Å². The van der Waals surface area contributed by atoms with Gasteiger partial charge in [0.1, 0.15) is 5.41 Å². The fourth-order valence-corrected chi connectivity index (χ4v) is 6.88. The van der Waals surface area contributed by atoms with Crippen LogP contribution in [0.5, 0.6) is 11.5 Å². The molecule has 3 fully saturated rings. The first-order valence-corrected chi connectivity index (χ1v) is 11.8. The number of hydrogen-bond acceptors (Lipinski definition) is 7. The van der Waals surface area contributed by atoms with Crippen molar-refractivity contribution in [2.24, 2.45) is 11.8 Å². The van der Waals surface area contributed by atoms with Crippen LogP contribution in [-0.4, -0.2) is 68.9 Å². The number of aromatic nitrogens is 1. The number of rotatable bonds is 8. The average Bonchev–Trinajstić information content (AvgIpc) is 3.15. The predicted molar refractivity (Wildman–Crippen MR) is 122 cm³/mol. The fourth-order valence-electron chi connectivity index (χ4n) is 6.88. The number of carbonyl (C=O) groups excluding carboxylic acids is 2. The number of H-pyrrole nitrogens is 1. The third-order valence-electron chi connectivity index (χ3n) is 7.90. The van der Waals surface area contributed by atoms with E-state index in [4.69, 9.17) is 18.9 Å². The summed E-state index contributed by atoms with van der Waals surface area (Å²) in [6, 6.07) is 3.98. The van der Waals surface area contributed by atoms with Crippen molar-refractivity contribution in [2.75, 3.05) is 40.5 Å². The first-order chi connectivity index (χ1) is 16.1. The number of benzene rings is 1. The molecule has 0 spiro atoms. The maximum Gasteiger partial charge on any atom is 0.319 e. The summed E-state index contributed by atoms with van der Waals surface area (Å²) in [5, 5.41) is 1.07. The van der Waals surface area contributed by atoms with Crippen LogP contribution in [0.15, 0.2) is 12.1 Å². The van der Waals surface area contributed by atoms with Gasteiger partial charge in [-0.2, -0.15) is 0 Å². The molecule has 8 nitrogen and oxygen atoms in total. The third-order valence-corrected chi connectivity index (χ3v) is 7.90. The number of nitrogens with one attached hydrogen (secondary N) is 1. The Morgan fingerprint density at radius 2 is 2.06 bits per heavy atom. The molecule has 0 amide bonds. The summed E-state index contributed by atoms with van der Waals surface area (Å²) < 4.78 is 21.9. The molecule has 178 valence electrons. The van der Waals surface area contributed by atoms with Gasteiger partial charge in [0.05, 0.1) is 27.4 Å². The van der Waals surface area contributed by atoms with Crippen molar-refractivity contribution in [2.45, 2.75) is 44.1 Å². The number of ether oxygens (including phenoxy) is 4. The Kier molecular flexibility index (Phi) is 5.72. The highest BCUT2D eigenvalue weighted by Gasteiger charge is 2.63. The lowest BCUT2D eigenvalue weighted by Gasteiger charge is -2.58. The summed E-state index contributed by atoms with van der Waals surface area (Å²) in [5.41, 5.74) is 2.31. The normalized spacial score (nSPS) is 29.8. The van der Waals surface area contributed by atoms with Crippen molar-refractivity contribution in [3.8, 4) is 11.5 Å². The van der Waals surface area contributed by atoms with E-state index in [0.717, 1.165) is 60.9 Å². The second kappa shape index (κ2) is 8.56. The Hall–Kier alpha value is -2.74. The minimum Gasteiger partial charge on any atom is -0.493 e. The predicted octanol–water partition coefficient (Wildman–Crippen LogP) is 2.82. The molecule has 4 bridgehead atoms. The lowest BCUT2D eigenvalue weighted by atomic mass is 9.56. The van der Waals surface area contributed by atoms with Crippen molar-refractivity contribution in [3.63, 3.8) is 0 Å². The summed E-state index contributed by atoms with van der Waals surface area (Å²) in [6.07, 6.45) is 3.40. The van der Waals surface area contributed by atoms with Gasteiger partial charge in [-0.15, -0.1) is 0 Å². The van der Waals surface area contributed by atoms with Gasteiger partial charge in [-0.3, -0.25) is 14.5 Å². The monoisotopic (exact) mass is 456 g/mol. The van der Waals surface area contributed by atoms with Gasteiger partial charge in [-0.05, 0) is 56.1 Å². The van der Waals surface area contributed by atoms with Crippen molar-refractivity contribution in [1.29, 1.82) is 0 Å². The van der Waals surface area contributed by atoms with Crippen molar-refractivity contribution < 1.29 is 28.5 Å². The molecule has 1 aromatic heterocycles. The van der Waals surface area contributed by atoms with E-state index in [1.807, 2.05) is 19.1 Å². The van der Waals surface area contributed by atoms with Crippen LogP contribution in [0.25, 0.3) is 10.9 Å². The highest BCUT2D eigenvalue weighted by molar-refractivity contribution is 5.93. The molecule has 2 aromatic rings. The summed E-state index contributed by atoms with van der Waals surface area (Å²) in [5.74, 6) is 1.82.